The van der Waals surface area contributed by atoms with Crippen molar-refractivity contribution < 1.29 is 36.2 Å². The van der Waals surface area contributed by atoms with Crippen molar-refractivity contribution in [3.05, 3.63) is 70.8 Å². The molecule has 2 aromatic rings. The van der Waals surface area contributed by atoms with Gasteiger partial charge >= 0.3 is 18.3 Å². The van der Waals surface area contributed by atoms with Gasteiger partial charge in [-0.05, 0) is 81.0 Å². The number of benzene rings is 2. The fraction of sp³-hybridized carbons (Fsp3) is 0.552. The molecule has 1 saturated heterocycles. The molecule has 0 radical (unpaired) electrons. The Balaban J connectivity index is 2.07. The van der Waals surface area contributed by atoms with Crippen LogP contribution in [0, 0.1) is 11.3 Å². The predicted octanol–water partition coefficient (Wildman–Crippen LogP) is 9.06. The molecule has 1 fully saturated rings. The largest absolute Gasteiger partial charge is 0.481 e. The highest BCUT2D eigenvalue weighted by Gasteiger charge is 2.44. The Morgan fingerprint density at radius 2 is 1.41 bits per heavy atom. The smallest absolute Gasteiger partial charge is 0.416 e. The maximum atomic E-state index is 13.3. The minimum absolute atomic E-state index is 0.233. The van der Waals surface area contributed by atoms with Crippen molar-refractivity contribution in [2.45, 2.75) is 83.2 Å². The topological polar surface area (TPSA) is 40.5 Å². The number of hydrogen-bond acceptors (Lipinski definition) is 2. The van der Waals surface area contributed by atoms with Crippen LogP contribution in [0.4, 0.5) is 26.3 Å². The minimum Gasteiger partial charge on any atom is -0.481 e. The average molecular weight is 574 g/mol. The molecule has 216 valence electrons. The molecule has 3 nitrogen and oxygen atoms in total. The molecular formula is C29H37F6NO2Si. The number of carboxylic acids is 1. The second-order valence-corrected chi connectivity index (χ2v) is 18.0. The first kappa shape index (κ1) is 31.2. The van der Waals surface area contributed by atoms with Crippen molar-refractivity contribution in [3.8, 4) is 0 Å². The summed E-state index contributed by atoms with van der Waals surface area (Å²) in [6.07, 6.45) is -7.30. The zero-order chi connectivity index (χ0) is 29.4. The van der Waals surface area contributed by atoms with E-state index in [2.05, 4.69) is 24.5 Å². The Labute approximate surface area is 227 Å². The van der Waals surface area contributed by atoms with Crippen LogP contribution >= 0.6 is 0 Å². The molecule has 1 heterocycles. The molecule has 39 heavy (non-hydrogen) atoms. The Morgan fingerprint density at radius 3 is 1.85 bits per heavy atom. The molecule has 3 rings (SSSR count). The number of carboxylic acid groups (broad SMARTS) is 1. The van der Waals surface area contributed by atoms with Crippen molar-refractivity contribution in [3.63, 3.8) is 0 Å². The molecular weight excluding hydrogens is 536 g/mol. The van der Waals surface area contributed by atoms with Crippen molar-refractivity contribution in [1.29, 1.82) is 0 Å². The summed E-state index contributed by atoms with van der Waals surface area (Å²) in [6, 6.07) is 10.3. The van der Waals surface area contributed by atoms with Gasteiger partial charge in [-0.2, -0.15) is 26.3 Å². The lowest BCUT2D eigenvalue weighted by Crippen LogP contribution is -2.45. The van der Waals surface area contributed by atoms with E-state index in [1.165, 1.54) is 24.3 Å². The molecule has 0 amide bonds. The molecule has 2 aromatic carbocycles. The van der Waals surface area contributed by atoms with E-state index in [1.807, 2.05) is 0 Å². The Hall–Kier alpha value is -2.33. The fourth-order valence-electron chi connectivity index (χ4n) is 5.40. The first-order valence-corrected chi connectivity index (χ1v) is 16.8. The summed E-state index contributed by atoms with van der Waals surface area (Å²) in [7, 11) is -1.55. The van der Waals surface area contributed by atoms with Gasteiger partial charge in [0, 0.05) is 20.2 Å². The average Bonchev–Trinajstić information content (AvgIpc) is 2.82. The van der Waals surface area contributed by atoms with Crippen LogP contribution in [0.1, 0.15) is 67.4 Å². The van der Waals surface area contributed by atoms with Crippen molar-refractivity contribution in [2.75, 3.05) is 6.54 Å². The molecule has 0 bridgehead atoms. The van der Waals surface area contributed by atoms with Gasteiger partial charge in [0.1, 0.15) is 0 Å². The van der Waals surface area contributed by atoms with Crippen LogP contribution in [0.3, 0.4) is 0 Å². The van der Waals surface area contributed by atoms with E-state index < -0.39 is 49.0 Å². The highest BCUT2D eigenvalue weighted by Crippen LogP contribution is 2.47. The molecule has 1 N–H and O–H groups in total. The number of likely N-dealkylation sites (tertiary alicyclic amines) is 1. The van der Waals surface area contributed by atoms with Crippen LogP contribution in [-0.4, -0.2) is 30.6 Å². The van der Waals surface area contributed by atoms with Crippen LogP contribution in [0.15, 0.2) is 48.5 Å². The first-order valence-electron chi connectivity index (χ1n) is 13.1. The van der Waals surface area contributed by atoms with Crippen LogP contribution < -0.4 is 0 Å². The molecule has 0 aliphatic carbocycles. The third kappa shape index (κ3) is 7.66. The number of hydrogen-bond donors (Lipinski definition) is 1. The third-order valence-corrected chi connectivity index (χ3v) is 9.82. The normalized spacial score (nSPS) is 20.6. The predicted molar refractivity (Wildman–Crippen MR) is 142 cm³/mol. The summed E-state index contributed by atoms with van der Waals surface area (Å²) in [5, 5.41) is 9.87. The van der Waals surface area contributed by atoms with Gasteiger partial charge in [0.25, 0.3) is 0 Å². The number of rotatable bonds is 8. The molecule has 0 spiro atoms. The molecule has 0 saturated carbocycles. The molecule has 10 heteroatoms. The van der Waals surface area contributed by atoms with E-state index in [0.717, 1.165) is 30.3 Å². The lowest BCUT2D eigenvalue weighted by atomic mass is 9.70. The zero-order valence-electron chi connectivity index (χ0n) is 23.0. The Bertz CT molecular complexity index is 1120. The van der Waals surface area contributed by atoms with Gasteiger partial charge in [-0.25, -0.2) is 0 Å². The van der Waals surface area contributed by atoms with Gasteiger partial charge in [0.05, 0.1) is 16.5 Å². The number of halogens is 6. The second kappa shape index (κ2) is 11.3. The van der Waals surface area contributed by atoms with E-state index >= 15 is 0 Å². The van der Waals surface area contributed by atoms with Crippen LogP contribution in [0.2, 0.25) is 25.7 Å². The van der Waals surface area contributed by atoms with Gasteiger partial charge in [-0.1, -0.05) is 50.0 Å². The summed E-state index contributed by atoms with van der Waals surface area (Å²) >= 11 is 0. The summed E-state index contributed by atoms with van der Waals surface area (Å²) in [6.45, 7) is 10.4. The number of alkyl halides is 6. The van der Waals surface area contributed by atoms with Gasteiger partial charge in [0.2, 0.25) is 0 Å². The van der Waals surface area contributed by atoms with Crippen molar-refractivity contribution in [2.24, 2.45) is 11.3 Å². The molecule has 2 unspecified atom stereocenters. The standard InChI is InChI=1S/C29H37F6NO2Si/c1-27(2,26(37)38)23-14-16-36(25(18-23)20-8-12-22(13-9-20)29(33,34)35)24(15-17-39(3,4)5)19-6-10-21(11-7-19)28(30,31)32/h6-13,23-25H,14-18H2,1-5H3,(H,37,38)/t23?,24-,25?/m1/s1. The van der Waals surface area contributed by atoms with Gasteiger partial charge < -0.3 is 5.11 Å². The summed E-state index contributed by atoms with van der Waals surface area (Å²) in [5.41, 5.74) is -1.20. The second-order valence-electron chi connectivity index (χ2n) is 12.4. The van der Waals surface area contributed by atoms with Gasteiger partial charge in [-0.15, -0.1) is 0 Å². The molecule has 3 atom stereocenters. The van der Waals surface area contributed by atoms with E-state index in [1.54, 1.807) is 13.8 Å². The minimum atomic E-state index is -4.49. The Kier molecular flexibility index (Phi) is 9.02. The maximum absolute atomic E-state index is 13.3. The van der Waals surface area contributed by atoms with E-state index in [0.29, 0.717) is 36.9 Å². The van der Waals surface area contributed by atoms with Gasteiger partial charge in [0.15, 0.2) is 0 Å². The molecule has 1 aliphatic heterocycles. The van der Waals surface area contributed by atoms with Crippen LogP contribution in [0.5, 0.6) is 0 Å². The summed E-state index contributed by atoms with van der Waals surface area (Å²) < 4.78 is 79.6. The summed E-state index contributed by atoms with van der Waals surface area (Å²) in [4.78, 5) is 14.2. The quantitative estimate of drug-likeness (QED) is 0.253. The number of piperidine rings is 1. The van der Waals surface area contributed by atoms with E-state index in [9.17, 15) is 36.2 Å². The van der Waals surface area contributed by atoms with Gasteiger partial charge in [-0.3, -0.25) is 9.69 Å². The van der Waals surface area contributed by atoms with Crippen molar-refractivity contribution in [1.82, 2.24) is 4.90 Å². The SMILES string of the molecule is CC(C)(C(=O)O)C1CCN([C@H](CC[Si](C)(C)C)c2ccc(C(F)(F)F)cc2)C(c2ccc(C(F)(F)F)cc2)C1. The number of nitrogens with zero attached hydrogens (tertiary/aromatic N) is 1. The van der Waals surface area contributed by atoms with Crippen LogP contribution in [0.25, 0.3) is 0 Å². The first-order chi connectivity index (χ1) is 17.8. The zero-order valence-corrected chi connectivity index (χ0v) is 24.0. The Morgan fingerprint density at radius 1 is 0.923 bits per heavy atom. The summed E-state index contributed by atoms with van der Waals surface area (Å²) in [5.74, 6) is -1.17. The third-order valence-electron chi connectivity index (χ3n) is 8.03. The highest BCUT2D eigenvalue weighted by atomic mass is 28.3. The number of carbonyl (C=O) groups is 1. The lowest BCUT2D eigenvalue weighted by molar-refractivity contribution is -0.152. The van der Waals surface area contributed by atoms with E-state index in [-0.39, 0.29) is 12.0 Å². The van der Waals surface area contributed by atoms with Crippen molar-refractivity contribution >= 4 is 14.0 Å². The lowest BCUT2D eigenvalue weighted by Gasteiger charge is -2.47. The van der Waals surface area contributed by atoms with Crippen LogP contribution in [-0.2, 0) is 17.1 Å². The van der Waals surface area contributed by atoms with E-state index in [4.69, 9.17) is 0 Å². The fourth-order valence-corrected chi connectivity index (χ4v) is 6.54. The highest BCUT2D eigenvalue weighted by molar-refractivity contribution is 6.76. The molecule has 0 aromatic heterocycles. The maximum Gasteiger partial charge on any atom is 0.416 e. The molecule has 1 aliphatic rings. The monoisotopic (exact) mass is 573 g/mol. The number of aliphatic carboxylic acids is 1.